The summed E-state index contributed by atoms with van der Waals surface area (Å²) in [5, 5.41) is 12.7. The number of hydrogen-bond acceptors (Lipinski definition) is 5. The standard InChI is InChI=1S/C27H30N2O5/c30-22-9-7-18(8-10-22)14-21(26(33)28-27-12-3-6-24(27)34-17-23(27)31)15-25(32)29-13-11-19-4-1-2-5-20(19)16-29/h1-2,4-5,7-10,21,24,30H,3,6,11-17H2,(H,28,33). The highest BCUT2D eigenvalue weighted by atomic mass is 16.5. The number of phenolic OH excluding ortho intramolecular Hbond substituents is 1. The van der Waals surface area contributed by atoms with Crippen LogP contribution >= 0.6 is 0 Å². The molecule has 5 rings (SSSR count). The topological polar surface area (TPSA) is 95.9 Å². The molecule has 2 aliphatic heterocycles. The molecule has 3 aliphatic rings. The number of phenols is 1. The largest absolute Gasteiger partial charge is 0.508 e. The van der Waals surface area contributed by atoms with Gasteiger partial charge in [0.05, 0.1) is 12.0 Å². The number of ketones is 1. The maximum atomic E-state index is 13.5. The van der Waals surface area contributed by atoms with Gasteiger partial charge in [-0.3, -0.25) is 14.4 Å². The van der Waals surface area contributed by atoms with Gasteiger partial charge in [-0.15, -0.1) is 0 Å². The predicted octanol–water partition coefficient (Wildman–Crippen LogP) is 2.53. The number of benzene rings is 2. The minimum Gasteiger partial charge on any atom is -0.508 e. The smallest absolute Gasteiger partial charge is 0.224 e. The van der Waals surface area contributed by atoms with Gasteiger partial charge in [-0.1, -0.05) is 36.4 Å². The molecule has 178 valence electrons. The molecule has 2 amide bonds. The zero-order valence-electron chi connectivity index (χ0n) is 19.2. The van der Waals surface area contributed by atoms with Crippen molar-refractivity contribution in [3.63, 3.8) is 0 Å². The van der Waals surface area contributed by atoms with Crippen LogP contribution in [0.25, 0.3) is 0 Å². The highest BCUT2D eigenvalue weighted by Gasteiger charge is 2.55. The van der Waals surface area contributed by atoms with Crippen molar-refractivity contribution in [3.8, 4) is 5.75 Å². The lowest BCUT2D eigenvalue weighted by molar-refractivity contribution is -0.138. The van der Waals surface area contributed by atoms with E-state index in [1.807, 2.05) is 23.1 Å². The Bertz CT molecular complexity index is 1100. The van der Waals surface area contributed by atoms with Crippen molar-refractivity contribution in [3.05, 3.63) is 65.2 Å². The lowest BCUT2D eigenvalue weighted by Crippen LogP contribution is -2.57. The van der Waals surface area contributed by atoms with Crippen molar-refractivity contribution in [2.45, 2.75) is 56.7 Å². The maximum absolute atomic E-state index is 13.5. The zero-order chi connectivity index (χ0) is 23.7. The highest BCUT2D eigenvalue weighted by Crippen LogP contribution is 2.38. The number of carbonyl (C=O) groups is 3. The first-order valence-electron chi connectivity index (χ1n) is 12.0. The van der Waals surface area contributed by atoms with Gasteiger partial charge in [0.2, 0.25) is 11.8 Å². The average molecular weight is 463 g/mol. The molecular weight excluding hydrogens is 432 g/mol. The molecule has 2 aromatic rings. The van der Waals surface area contributed by atoms with Gasteiger partial charge in [-0.2, -0.15) is 0 Å². The first kappa shape index (κ1) is 22.6. The molecule has 3 atom stereocenters. The summed E-state index contributed by atoms with van der Waals surface area (Å²) in [7, 11) is 0. The fourth-order valence-corrected chi connectivity index (χ4v) is 5.58. The van der Waals surface area contributed by atoms with Crippen molar-refractivity contribution in [1.29, 1.82) is 0 Å². The molecule has 0 radical (unpaired) electrons. The third kappa shape index (κ3) is 4.32. The number of ether oxygens (including phenoxy) is 1. The summed E-state index contributed by atoms with van der Waals surface area (Å²) in [6, 6.07) is 14.8. The first-order chi connectivity index (χ1) is 16.4. The summed E-state index contributed by atoms with van der Waals surface area (Å²) in [5.74, 6) is -0.911. The number of fused-ring (bicyclic) bond motifs is 2. The maximum Gasteiger partial charge on any atom is 0.224 e. The summed E-state index contributed by atoms with van der Waals surface area (Å²) < 4.78 is 5.65. The fraction of sp³-hybridized carbons (Fsp3) is 0.444. The van der Waals surface area contributed by atoms with Crippen LogP contribution in [0, 0.1) is 5.92 Å². The van der Waals surface area contributed by atoms with Gasteiger partial charge < -0.3 is 20.1 Å². The number of carbonyl (C=O) groups excluding carboxylic acids is 3. The molecule has 1 aliphatic carbocycles. The second-order valence-corrected chi connectivity index (χ2v) is 9.68. The summed E-state index contributed by atoms with van der Waals surface area (Å²) >= 11 is 0. The molecule has 2 N–H and O–H groups in total. The minimum atomic E-state index is -0.961. The van der Waals surface area contributed by atoms with Gasteiger partial charge in [-0.25, -0.2) is 0 Å². The van der Waals surface area contributed by atoms with Gasteiger partial charge >= 0.3 is 0 Å². The Hall–Kier alpha value is -3.19. The van der Waals surface area contributed by atoms with Crippen LogP contribution < -0.4 is 5.32 Å². The molecule has 2 heterocycles. The Balaban J connectivity index is 1.34. The normalized spacial score (nSPS) is 24.4. The third-order valence-corrected chi connectivity index (χ3v) is 7.54. The van der Waals surface area contributed by atoms with E-state index in [1.165, 1.54) is 5.56 Å². The number of hydrogen-bond donors (Lipinski definition) is 2. The van der Waals surface area contributed by atoms with E-state index in [4.69, 9.17) is 4.74 Å². The third-order valence-electron chi connectivity index (χ3n) is 7.54. The zero-order valence-corrected chi connectivity index (χ0v) is 19.2. The number of amides is 2. The van der Waals surface area contributed by atoms with E-state index in [-0.39, 0.29) is 42.5 Å². The molecule has 2 fully saturated rings. The van der Waals surface area contributed by atoms with Crippen LogP contribution in [0.4, 0.5) is 0 Å². The van der Waals surface area contributed by atoms with Crippen molar-refractivity contribution in [1.82, 2.24) is 10.2 Å². The van der Waals surface area contributed by atoms with Crippen LogP contribution in [0.1, 0.15) is 42.4 Å². The van der Waals surface area contributed by atoms with Gasteiger partial charge in [0.15, 0.2) is 5.78 Å². The number of nitrogens with zero attached hydrogens (tertiary/aromatic N) is 1. The van der Waals surface area contributed by atoms with E-state index in [0.717, 1.165) is 30.4 Å². The van der Waals surface area contributed by atoms with E-state index >= 15 is 0 Å². The summed E-state index contributed by atoms with van der Waals surface area (Å²) in [6.07, 6.45) is 3.07. The molecule has 0 aromatic heterocycles. The Labute approximate surface area is 199 Å². The second kappa shape index (κ2) is 9.22. The molecule has 7 nitrogen and oxygen atoms in total. The van der Waals surface area contributed by atoms with Crippen LogP contribution in [-0.2, 0) is 38.5 Å². The summed E-state index contributed by atoms with van der Waals surface area (Å²) in [6.45, 7) is 1.20. The van der Waals surface area contributed by atoms with Crippen LogP contribution in [0.2, 0.25) is 0 Å². The lowest BCUT2D eigenvalue weighted by Gasteiger charge is -2.32. The van der Waals surface area contributed by atoms with Gasteiger partial charge in [-0.05, 0) is 60.9 Å². The highest BCUT2D eigenvalue weighted by molar-refractivity contribution is 5.97. The Morgan fingerprint density at radius 3 is 2.71 bits per heavy atom. The van der Waals surface area contributed by atoms with Crippen LogP contribution in [-0.4, -0.2) is 52.4 Å². The fourth-order valence-electron chi connectivity index (χ4n) is 5.58. The SMILES string of the molecule is O=C(NC12CCCC1OCC2=O)C(CC(=O)N1CCc2ccccc2C1)Cc1ccc(O)cc1. The molecule has 7 heteroatoms. The monoisotopic (exact) mass is 462 g/mol. The summed E-state index contributed by atoms with van der Waals surface area (Å²) in [4.78, 5) is 41.3. The minimum absolute atomic E-state index is 0.0275. The van der Waals surface area contributed by atoms with Gasteiger partial charge in [0.25, 0.3) is 0 Å². The van der Waals surface area contributed by atoms with Crippen LogP contribution in [0.3, 0.4) is 0 Å². The Morgan fingerprint density at radius 2 is 1.91 bits per heavy atom. The Kier molecular flexibility index (Phi) is 6.13. The predicted molar refractivity (Wildman–Crippen MR) is 125 cm³/mol. The molecule has 3 unspecified atom stereocenters. The van der Waals surface area contributed by atoms with Gasteiger partial charge in [0, 0.05) is 19.5 Å². The first-order valence-corrected chi connectivity index (χ1v) is 12.0. The number of Topliss-reactive ketones (excluding diaryl/α,β-unsaturated/α-hetero) is 1. The van der Waals surface area contributed by atoms with Crippen molar-refractivity contribution in [2.24, 2.45) is 5.92 Å². The number of aromatic hydroxyl groups is 1. The lowest BCUT2D eigenvalue weighted by atomic mass is 9.88. The molecule has 2 aromatic carbocycles. The van der Waals surface area contributed by atoms with Crippen LogP contribution in [0.5, 0.6) is 5.75 Å². The van der Waals surface area contributed by atoms with Gasteiger partial charge in [0.1, 0.15) is 17.9 Å². The van der Waals surface area contributed by atoms with E-state index in [0.29, 0.717) is 25.9 Å². The molecule has 1 saturated carbocycles. The second-order valence-electron chi connectivity index (χ2n) is 9.68. The summed E-state index contributed by atoms with van der Waals surface area (Å²) in [5.41, 5.74) is 2.29. The molecular formula is C27H30N2O5. The molecule has 0 bridgehead atoms. The quantitative estimate of drug-likeness (QED) is 0.688. The van der Waals surface area contributed by atoms with Crippen molar-refractivity contribution < 1.29 is 24.2 Å². The molecule has 0 spiro atoms. The van der Waals surface area contributed by atoms with E-state index in [9.17, 15) is 19.5 Å². The average Bonchev–Trinajstić information content (AvgIpc) is 3.38. The van der Waals surface area contributed by atoms with E-state index in [2.05, 4.69) is 11.4 Å². The van der Waals surface area contributed by atoms with Crippen molar-refractivity contribution in [2.75, 3.05) is 13.2 Å². The number of rotatable bonds is 6. The van der Waals surface area contributed by atoms with E-state index in [1.54, 1.807) is 24.3 Å². The van der Waals surface area contributed by atoms with E-state index < -0.39 is 11.5 Å². The van der Waals surface area contributed by atoms with Crippen molar-refractivity contribution >= 4 is 17.6 Å². The number of nitrogens with one attached hydrogen (secondary N) is 1. The molecule has 34 heavy (non-hydrogen) atoms. The Morgan fingerprint density at radius 1 is 1.15 bits per heavy atom. The van der Waals surface area contributed by atoms with Crippen LogP contribution in [0.15, 0.2) is 48.5 Å². The molecule has 1 saturated heterocycles.